The Hall–Kier alpha value is -0.270. The van der Waals surface area contributed by atoms with Crippen LogP contribution < -0.4 is 4.72 Å². The molecule has 0 spiro atoms. The molecule has 12 heavy (non-hydrogen) atoms. The van der Waals surface area contributed by atoms with Gasteiger partial charge in [0, 0.05) is 0 Å². The molecule has 0 aliphatic carbocycles. The van der Waals surface area contributed by atoms with Gasteiger partial charge in [0.05, 0.1) is 12.3 Å². The first-order valence-electron chi connectivity index (χ1n) is 3.29. The van der Waals surface area contributed by atoms with Crippen LogP contribution in [0.1, 0.15) is 6.92 Å². The lowest BCUT2D eigenvalue weighted by Crippen LogP contribution is -2.39. The van der Waals surface area contributed by atoms with Crippen LogP contribution in [0.4, 0.5) is 8.78 Å². The Kier molecular flexibility index (Phi) is 4.01. The first kappa shape index (κ1) is 11.7. The highest BCUT2D eigenvalue weighted by molar-refractivity contribution is 7.89. The maximum absolute atomic E-state index is 12.2. The van der Waals surface area contributed by atoms with Crippen LogP contribution >= 0.6 is 0 Å². The fourth-order valence-electron chi connectivity index (χ4n) is 0.374. The molecule has 0 saturated heterocycles. The van der Waals surface area contributed by atoms with Crippen molar-refractivity contribution in [3.63, 3.8) is 0 Å². The summed E-state index contributed by atoms with van der Waals surface area (Å²) < 4.78 is 47.4. The molecule has 0 atom stereocenters. The fourth-order valence-corrected chi connectivity index (χ4v) is 1.01. The third kappa shape index (κ3) is 4.58. The number of rotatable bonds is 5. The summed E-state index contributed by atoms with van der Waals surface area (Å²) in [5.41, 5.74) is 0. The van der Waals surface area contributed by atoms with E-state index in [2.05, 4.69) is 0 Å². The van der Waals surface area contributed by atoms with Gasteiger partial charge in [0.25, 0.3) is 5.92 Å². The minimum absolute atomic E-state index is 0.255. The van der Waals surface area contributed by atoms with Crippen LogP contribution in [0.5, 0.6) is 0 Å². The molecule has 0 saturated carbocycles. The molecule has 0 aliphatic rings. The van der Waals surface area contributed by atoms with Crippen molar-refractivity contribution < 1.29 is 22.3 Å². The van der Waals surface area contributed by atoms with E-state index in [4.69, 9.17) is 5.11 Å². The number of nitrogens with one attached hydrogen (secondary N) is 1. The topological polar surface area (TPSA) is 66.4 Å². The van der Waals surface area contributed by atoms with Gasteiger partial charge in [0.1, 0.15) is 6.61 Å². The summed E-state index contributed by atoms with van der Waals surface area (Å²) >= 11 is 0. The van der Waals surface area contributed by atoms with Gasteiger partial charge in [-0.2, -0.15) is 0 Å². The second-order valence-electron chi connectivity index (χ2n) is 2.24. The van der Waals surface area contributed by atoms with E-state index in [0.717, 1.165) is 0 Å². The van der Waals surface area contributed by atoms with Gasteiger partial charge < -0.3 is 5.11 Å². The average molecular weight is 203 g/mol. The Bertz CT molecular complexity index is 227. The summed E-state index contributed by atoms with van der Waals surface area (Å²) in [4.78, 5) is 0. The van der Waals surface area contributed by atoms with Gasteiger partial charge in [-0.3, -0.25) is 0 Å². The van der Waals surface area contributed by atoms with E-state index in [1.807, 2.05) is 0 Å². The molecule has 0 aromatic rings. The molecule has 0 heterocycles. The highest BCUT2D eigenvalue weighted by Gasteiger charge is 2.29. The van der Waals surface area contributed by atoms with Gasteiger partial charge in [-0.1, -0.05) is 0 Å². The number of hydrogen-bond acceptors (Lipinski definition) is 3. The van der Waals surface area contributed by atoms with E-state index in [9.17, 15) is 17.2 Å². The summed E-state index contributed by atoms with van der Waals surface area (Å²) in [7, 11) is -3.60. The van der Waals surface area contributed by atoms with Gasteiger partial charge in [-0.15, -0.1) is 0 Å². The van der Waals surface area contributed by atoms with Crippen molar-refractivity contribution in [3.8, 4) is 0 Å². The minimum atomic E-state index is -3.60. The van der Waals surface area contributed by atoms with Gasteiger partial charge in [0.15, 0.2) is 0 Å². The molecular formula is C5H11F2NO3S. The first-order chi connectivity index (χ1) is 5.33. The highest BCUT2D eigenvalue weighted by Crippen LogP contribution is 2.10. The molecule has 0 amide bonds. The van der Waals surface area contributed by atoms with Gasteiger partial charge >= 0.3 is 0 Å². The number of aliphatic hydroxyl groups excluding tert-OH is 1. The van der Waals surface area contributed by atoms with Gasteiger partial charge in [-0.25, -0.2) is 21.9 Å². The van der Waals surface area contributed by atoms with Crippen molar-refractivity contribution in [3.05, 3.63) is 0 Å². The summed E-state index contributed by atoms with van der Waals surface area (Å²) in [6, 6.07) is 0. The molecule has 74 valence electrons. The summed E-state index contributed by atoms with van der Waals surface area (Å²) in [6.45, 7) is -1.08. The second kappa shape index (κ2) is 4.11. The lowest BCUT2D eigenvalue weighted by molar-refractivity contribution is -0.0437. The third-order valence-corrected chi connectivity index (χ3v) is 2.51. The van der Waals surface area contributed by atoms with Crippen LogP contribution in [0.25, 0.3) is 0 Å². The van der Waals surface area contributed by atoms with E-state index >= 15 is 0 Å². The molecule has 0 radical (unpaired) electrons. The number of aliphatic hydroxyl groups is 1. The van der Waals surface area contributed by atoms with Crippen molar-refractivity contribution in [2.75, 3.05) is 18.9 Å². The largest absolute Gasteiger partial charge is 0.390 e. The molecule has 0 bridgehead atoms. The predicted octanol–water partition coefficient (Wildman–Crippen LogP) is -0.447. The molecule has 0 aromatic heterocycles. The van der Waals surface area contributed by atoms with Crippen LogP contribution in [0.2, 0.25) is 0 Å². The average Bonchev–Trinajstić information content (AvgIpc) is 2.02. The minimum Gasteiger partial charge on any atom is -0.390 e. The number of halogens is 2. The van der Waals surface area contributed by atoms with Gasteiger partial charge in [0.2, 0.25) is 10.0 Å². The van der Waals surface area contributed by atoms with Crippen LogP contribution in [0, 0.1) is 0 Å². The van der Waals surface area contributed by atoms with Crippen molar-refractivity contribution >= 4 is 10.0 Å². The molecule has 0 unspecified atom stereocenters. The van der Waals surface area contributed by atoms with Crippen molar-refractivity contribution in [1.29, 1.82) is 0 Å². The zero-order valence-corrected chi connectivity index (χ0v) is 7.37. The molecule has 2 N–H and O–H groups in total. The second-order valence-corrected chi connectivity index (χ2v) is 4.33. The smallest absolute Gasteiger partial charge is 0.283 e. The zero-order valence-electron chi connectivity index (χ0n) is 6.55. The molecular weight excluding hydrogens is 192 g/mol. The summed E-state index contributed by atoms with van der Waals surface area (Å²) in [5, 5.41) is 8.08. The van der Waals surface area contributed by atoms with Crippen LogP contribution in [0.15, 0.2) is 0 Å². The van der Waals surface area contributed by atoms with Crippen molar-refractivity contribution in [1.82, 2.24) is 4.72 Å². The lowest BCUT2D eigenvalue weighted by Gasteiger charge is -2.13. The molecule has 0 fully saturated rings. The van der Waals surface area contributed by atoms with E-state index in [-0.39, 0.29) is 5.75 Å². The maximum atomic E-state index is 12.2. The quantitative estimate of drug-likeness (QED) is 0.636. The predicted molar refractivity (Wildman–Crippen MR) is 39.5 cm³/mol. The maximum Gasteiger partial charge on any atom is 0.283 e. The Morgan fingerprint density at radius 2 is 2.00 bits per heavy atom. The van der Waals surface area contributed by atoms with Crippen molar-refractivity contribution in [2.24, 2.45) is 0 Å². The Morgan fingerprint density at radius 3 is 2.33 bits per heavy atom. The molecule has 7 heteroatoms. The zero-order chi connectivity index (χ0) is 9.83. The fraction of sp³-hybridized carbons (Fsp3) is 1.00. The van der Waals surface area contributed by atoms with Crippen molar-refractivity contribution in [2.45, 2.75) is 12.8 Å². The van der Waals surface area contributed by atoms with Crippen LogP contribution in [-0.2, 0) is 10.0 Å². The third-order valence-electron chi connectivity index (χ3n) is 1.16. The first-order valence-corrected chi connectivity index (χ1v) is 4.94. The SMILES string of the molecule is CCS(=O)(=O)NCC(F)(F)CO. The number of alkyl halides is 2. The van der Waals surface area contributed by atoms with Crippen LogP contribution in [-0.4, -0.2) is 38.4 Å². The van der Waals surface area contributed by atoms with Crippen LogP contribution in [0.3, 0.4) is 0 Å². The summed E-state index contributed by atoms with van der Waals surface area (Å²) in [6.07, 6.45) is 0. The van der Waals surface area contributed by atoms with E-state index < -0.39 is 29.1 Å². The lowest BCUT2D eigenvalue weighted by atomic mass is 10.4. The van der Waals surface area contributed by atoms with Gasteiger partial charge in [-0.05, 0) is 6.92 Å². The molecule has 0 aliphatic heterocycles. The van der Waals surface area contributed by atoms with E-state index in [1.54, 1.807) is 4.72 Å². The Balaban J connectivity index is 4.00. The number of sulfonamides is 1. The molecule has 4 nitrogen and oxygen atoms in total. The normalized spacial score (nSPS) is 13.3. The number of hydrogen-bond donors (Lipinski definition) is 2. The Morgan fingerprint density at radius 1 is 1.50 bits per heavy atom. The summed E-state index contributed by atoms with van der Waals surface area (Å²) in [5.74, 6) is -3.64. The monoisotopic (exact) mass is 203 g/mol. The van der Waals surface area contributed by atoms with E-state index in [1.165, 1.54) is 6.92 Å². The molecule has 0 aromatic carbocycles. The Labute approximate surface area is 69.6 Å². The molecule has 0 rings (SSSR count). The van der Waals surface area contributed by atoms with E-state index in [0.29, 0.717) is 0 Å². The highest BCUT2D eigenvalue weighted by atomic mass is 32.2. The standard InChI is InChI=1S/C5H11F2NO3S/c1-2-12(10,11)8-3-5(6,7)4-9/h8-9H,2-4H2,1H3.